The van der Waals surface area contributed by atoms with E-state index in [-0.39, 0.29) is 0 Å². The summed E-state index contributed by atoms with van der Waals surface area (Å²) in [5.74, 6) is 0. The molecule has 16 heavy (non-hydrogen) atoms. The van der Waals surface area contributed by atoms with Gasteiger partial charge in [-0.1, -0.05) is 42.5 Å². The maximum absolute atomic E-state index is 3.86. The topological polar surface area (TPSA) is 0 Å². The van der Waals surface area contributed by atoms with Crippen LogP contribution in [0.15, 0.2) is 48.1 Å². The third kappa shape index (κ3) is 1.65. The van der Waals surface area contributed by atoms with E-state index in [1.165, 1.54) is 33.4 Å². The Morgan fingerprint density at radius 2 is 2.12 bits per heavy atom. The molecule has 0 radical (unpaired) electrons. The SMILES string of the molecule is C=CC(=C\C)/C(C)=C1/Cc2ccc(C)cc21. The van der Waals surface area contributed by atoms with Gasteiger partial charge in [0.1, 0.15) is 0 Å². The summed E-state index contributed by atoms with van der Waals surface area (Å²) in [7, 11) is 0. The van der Waals surface area contributed by atoms with Crippen LogP contribution >= 0.6 is 0 Å². The molecule has 0 unspecified atom stereocenters. The highest BCUT2D eigenvalue weighted by molar-refractivity contribution is 5.84. The van der Waals surface area contributed by atoms with E-state index < -0.39 is 0 Å². The Bertz CT molecular complexity index is 499. The number of hydrogen-bond donors (Lipinski definition) is 0. The molecule has 0 nitrogen and oxygen atoms in total. The zero-order chi connectivity index (χ0) is 11.7. The summed E-state index contributed by atoms with van der Waals surface area (Å²) < 4.78 is 0. The molecule has 0 bridgehead atoms. The Morgan fingerprint density at radius 3 is 2.75 bits per heavy atom. The second-order valence-corrected chi connectivity index (χ2v) is 4.39. The minimum atomic E-state index is 1.10. The average Bonchev–Trinajstić information content (AvgIpc) is 2.25. The van der Waals surface area contributed by atoms with Crippen molar-refractivity contribution in [1.82, 2.24) is 0 Å². The van der Waals surface area contributed by atoms with E-state index in [4.69, 9.17) is 0 Å². The van der Waals surface area contributed by atoms with Crippen molar-refractivity contribution in [1.29, 1.82) is 0 Å². The van der Waals surface area contributed by atoms with Crippen molar-refractivity contribution in [3.63, 3.8) is 0 Å². The number of allylic oxidation sites excluding steroid dienone is 5. The van der Waals surface area contributed by atoms with E-state index in [0.29, 0.717) is 0 Å². The normalized spacial score (nSPS) is 17.6. The van der Waals surface area contributed by atoms with E-state index >= 15 is 0 Å². The van der Waals surface area contributed by atoms with E-state index in [0.717, 1.165) is 6.42 Å². The van der Waals surface area contributed by atoms with Gasteiger partial charge in [-0.25, -0.2) is 0 Å². The molecule has 1 aromatic carbocycles. The minimum Gasteiger partial charge on any atom is -0.0985 e. The number of hydrogen-bond acceptors (Lipinski definition) is 0. The summed E-state index contributed by atoms with van der Waals surface area (Å²) in [4.78, 5) is 0. The number of fused-ring (bicyclic) bond motifs is 1. The molecule has 0 fully saturated rings. The summed E-state index contributed by atoms with van der Waals surface area (Å²) >= 11 is 0. The van der Waals surface area contributed by atoms with Gasteiger partial charge in [-0.05, 0) is 55.0 Å². The molecule has 82 valence electrons. The van der Waals surface area contributed by atoms with Crippen LogP contribution in [0.5, 0.6) is 0 Å². The maximum atomic E-state index is 3.86. The standard InChI is InChI=1S/C16H18/c1-5-13(6-2)12(4)15-10-14-8-7-11(3)9-16(14)15/h5-9H,1,10H2,2-4H3/b13-6+,15-12-. The Kier molecular flexibility index (Phi) is 2.82. The molecule has 0 spiro atoms. The molecule has 1 aliphatic rings. The molecule has 2 rings (SSSR count). The molecule has 0 heterocycles. The Morgan fingerprint density at radius 1 is 1.38 bits per heavy atom. The van der Waals surface area contributed by atoms with Crippen LogP contribution in [0.2, 0.25) is 0 Å². The van der Waals surface area contributed by atoms with Crippen LogP contribution < -0.4 is 0 Å². The number of benzene rings is 1. The summed E-state index contributed by atoms with van der Waals surface area (Å²) in [5, 5.41) is 0. The van der Waals surface area contributed by atoms with Crippen molar-refractivity contribution in [2.75, 3.05) is 0 Å². The fraction of sp³-hybridized carbons (Fsp3) is 0.250. The molecule has 0 saturated heterocycles. The fourth-order valence-electron chi connectivity index (χ4n) is 2.30. The monoisotopic (exact) mass is 210 g/mol. The molecular weight excluding hydrogens is 192 g/mol. The zero-order valence-electron chi connectivity index (χ0n) is 10.3. The van der Waals surface area contributed by atoms with E-state index in [2.05, 4.69) is 51.6 Å². The molecule has 0 saturated carbocycles. The first kappa shape index (κ1) is 10.9. The highest BCUT2D eigenvalue weighted by Gasteiger charge is 2.21. The highest BCUT2D eigenvalue weighted by atomic mass is 14.3. The molecule has 1 aromatic rings. The van der Waals surface area contributed by atoms with Gasteiger partial charge >= 0.3 is 0 Å². The Labute approximate surface area is 98.0 Å². The molecule has 1 aliphatic carbocycles. The van der Waals surface area contributed by atoms with Gasteiger partial charge in [0.05, 0.1) is 0 Å². The molecule has 0 amide bonds. The fourth-order valence-corrected chi connectivity index (χ4v) is 2.30. The van der Waals surface area contributed by atoms with E-state index in [1.54, 1.807) is 0 Å². The first-order valence-electron chi connectivity index (χ1n) is 5.76. The first-order chi connectivity index (χ1) is 7.67. The second kappa shape index (κ2) is 4.13. The highest BCUT2D eigenvalue weighted by Crippen LogP contribution is 2.38. The summed E-state index contributed by atoms with van der Waals surface area (Å²) in [6.07, 6.45) is 5.17. The smallest absolute Gasteiger partial charge is 0.00108 e. The van der Waals surface area contributed by atoms with Crippen molar-refractivity contribution < 1.29 is 0 Å². The summed E-state index contributed by atoms with van der Waals surface area (Å²) in [6.45, 7) is 10.3. The first-order valence-corrected chi connectivity index (χ1v) is 5.76. The molecule has 0 aromatic heterocycles. The third-order valence-electron chi connectivity index (χ3n) is 3.37. The van der Waals surface area contributed by atoms with Gasteiger partial charge in [0.25, 0.3) is 0 Å². The lowest BCUT2D eigenvalue weighted by Crippen LogP contribution is -2.09. The van der Waals surface area contributed by atoms with Gasteiger partial charge in [0, 0.05) is 0 Å². The largest absolute Gasteiger partial charge is 0.0985 e. The van der Waals surface area contributed by atoms with Crippen LogP contribution in [0.25, 0.3) is 5.57 Å². The predicted molar refractivity (Wildman–Crippen MR) is 71.4 cm³/mol. The number of rotatable bonds is 2. The molecule has 0 heteroatoms. The predicted octanol–water partition coefficient (Wildman–Crippen LogP) is 4.46. The van der Waals surface area contributed by atoms with Gasteiger partial charge in [-0.2, -0.15) is 0 Å². The minimum absolute atomic E-state index is 1.10. The molecular formula is C16H18. The van der Waals surface area contributed by atoms with Crippen LogP contribution in [0.1, 0.15) is 30.5 Å². The molecule has 0 aliphatic heterocycles. The summed E-state index contributed by atoms with van der Waals surface area (Å²) in [5.41, 5.74) is 8.34. The lowest BCUT2D eigenvalue weighted by molar-refractivity contribution is 1.13. The average molecular weight is 210 g/mol. The van der Waals surface area contributed by atoms with Crippen molar-refractivity contribution >= 4 is 5.57 Å². The van der Waals surface area contributed by atoms with Crippen molar-refractivity contribution in [2.45, 2.75) is 27.2 Å². The lowest BCUT2D eigenvalue weighted by Gasteiger charge is -2.26. The van der Waals surface area contributed by atoms with E-state index in [9.17, 15) is 0 Å². The summed E-state index contributed by atoms with van der Waals surface area (Å²) in [6, 6.07) is 6.72. The van der Waals surface area contributed by atoms with Gasteiger partial charge < -0.3 is 0 Å². The van der Waals surface area contributed by atoms with Gasteiger partial charge in [0.15, 0.2) is 0 Å². The maximum Gasteiger partial charge on any atom is -0.00108 e. The van der Waals surface area contributed by atoms with Crippen LogP contribution in [0.4, 0.5) is 0 Å². The van der Waals surface area contributed by atoms with Crippen molar-refractivity contribution in [3.8, 4) is 0 Å². The third-order valence-corrected chi connectivity index (χ3v) is 3.37. The van der Waals surface area contributed by atoms with Crippen LogP contribution in [-0.4, -0.2) is 0 Å². The zero-order valence-corrected chi connectivity index (χ0v) is 10.3. The van der Waals surface area contributed by atoms with Crippen LogP contribution in [0.3, 0.4) is 0 Å². The second-order valence-electron chi connectivity index (χ2n) is 4.39. The van der Waals surface area contributed by atoms with Crippen LogP contribution in [0, 0.1) is 6.92 Å². The quantitative estimate of drug-likeness (QED) is 0.632. The molecule has 0 N–H and O–H groups in total. The molecule has 0 atom stereocenters. The number of aryl methyl sites for hydroxylation is 1. The Balaban J connectivity index is 2.47. The van der Waals surface area contributed by atoms with Gasteiger partial charge in [-0.15, -0.1) is 0 Å². The van der Waals surface area contributed by atoms with Crippen molar-refractivity contribution in [3.05, 3.63) is 64.8 Å². The lowest BCUT2D eigenvalue weighted by atomic mass is 9.78. The van der Waals surface area contributed by atoms with Crippen molar-refractivity contribution in [2.24, 2.45) is 0 Å². The van der Waals surface area contributed by atoms with Crippen LogP contribution in [-0.2, 0) is 6.42 Å². The van der Waals surface area contributed by atoms with E-state index in [1.807, 2.05) is 6.08 Å². The van der Waals surface area contributed by atoms with Gasteiger partial charge in [-0.3, -0.25) is 0 Å². The Hall–Kier alpha value is -1.56. The van der Waals surface area contributed by atoms with Gasteiger partial charge in [0.2, 0.25) is 0 Å².